The Labute approximate surface area is 212 Å². The minimum atomic E-state index is -1.40. The monoisotopic (exact) mass is 525 g/mol. The fourth-order valence-electron chi connectivity index (χ4n) is 4.30. The topological polar surface area (TPSA) is 205 Å². The molecule has 14 heteroatoms. The summed E-state index contributed by atoms with van der Waals surface area (Å²) in [6.07, 6.45) is 0.250. The third-order valence-electron chi connectivity index (χ3n) is 5.87. The summed E-state index contributed by atoms with van der Waals surface area (Å²) in [5, 5.41) is 46.6. The van der Waals surface area contributed by atoms with Crippen LogP contribution < -0.4 is 4.74 Å². The number of hydrogen-bond acceptors (Lipinski definition) is 9. The zero-order valence-electron chi connectivity index (χ0n) is 20.1. The number of hydrogen-bond donors (Lipinski definition) is 5. The van der Waals surface area contributed by atoms with Crippen LogP contribution in [0, 0.1) is 0 Å². The largest absolute Gasteiger partial charge is 0.492 e. The normalized spacial score (nSPS) is 16.1. The van der Waals surface area contributed by atoms with Gasteiger partial charge in [-0.05, 0) is 24.1 Å². The molecule has 0 aromatic heterocycles. The number of carboxylic acid groups (broad SMARTS) is 5. The molecule has 1 aliphatic heterocycles. The van der Waals surface area contributed by atoms with Gasteiger partial charge in [0.15, 0.2) is 0 Å². The van der Waals surface area contributed by atoms with Crippen molar-refractivity contribution < 1.29 is 54.2 Å². The van der Waals surface area contributed by atoms with Crippen molar-refractivity contribution in [3.63, 3.8) is 0 Å². The summed E-state index contributed by atoms with van der Waals surface area (Å²) in [5.74, 6) is -5.54. The third-order valence-corrected chi connectivity index (χ3v) is 5.87. The summed E-state index contributed by atoms with van der Waals surface area (Å²) in [5.41, 5.74) is -0.655. The van der Waals surface area contributed by atoms with Crippen molar-refractivity contribution >= 4 is 29.8 Å². The molecule has 2 rings (SSSR count). The molecule has 0 radical (unpaired) electrons. The molecular formula is C23H31N3O11. The van der Waals surface area contributed by atoms with E-state index in [2.05, 4.69) is 0 Å². The average Bonchev–Trinajstić information content (AvgIpc) is 2.95. The van der Waals surface area contributed by atoms with Gasteiger partial charge in [-0.2, -0.15) is 0 Å². The van der Waals surface area contributed by atoms with Crippen molar-refractivity contribution in [2.75, 3.05) is 59.0 Å². The van der Waals surface area contributed by atoms with Gasteiger partial charge in [0.25, 0.3) is 0 Å². The van der Waals surface area contributed by atoms with Crippen molar-refractivity contribution in [3.05, 3.63) is 29.8 Å². The zero-order valence-corrected chi connectivity index (χ0v) is 20.1. The highest BCUT2D eigenvalue weighted by atomic mass is 16.5. The summed E-state index contributed by atoms with van der Waals surface area (Å²) >= 11 is 0. The number of carboxylic acids is 5. The number of benzene rings is 1. The van der Waals surface area contributed by atoms with Gasteiger partial charge in [0.1, 0.15) is 12.4 Å². The molecule has 5 N–H and O–H groups in total. The van der Waals surface area contributed by atoms with E-state index in [0.29, 0.717) is 12.2 Å². The molecule has 0 atom stereocenters. The lowest BCUT2D eigenvalue weighted by Crippen LogP contribution is -2.65. The van der Waals surface area contributed by atoms with Crippen LogP contribution in [0.3, 0.4) is 0 Å². The lowest BCUT2D eigenvalue weighted by atomic mass is 9.95. The summed E-state index contributed by atoms with van der Waals surface area (Å²) < 4.78 is 5.94. The maximum absolute atomic E-state index is 11.7. The molecule has 204 valence electrons. The average molecular weight is 526 g/mol. The molecule has 0 saturated carbocycles. The first-order valence-corrected chi connectivity index (χ1v) is 11.4. The smallest absolute Gasteiger partial charge is 0.317 e. The van der Waals surface area contributed by atoms with Crippen LogP contribution in [-0.4, -0.2) is 135 Å². The van der Waals surface area contributed by atoms with Crippen LogP contribution in [0.1, 0.15) is 12.0 Å². The highest BCUT2D eigenvalue weighted by molar-refractivity contribution is 5.73. The van der Waals surface area contributed by atoms with Crippen molar-refractivity contribution in [2.45, 2.75) is 18.4 Å². The number of ether oxygens (including phenoxy) is 1. The molecule has 0 bridgehead atoms. The van der Waals surface area contributed by atoms with Crippen LogP contribution in [0.25, 0.3) is 0 Å². The van der Waals surface area contributed by atoms with Gasteiger partial charge in [-0.1, -0.05) is 12.1 Å². The first-order chi connectivity index (χ1) is 17.4. The third kappa shape index (κ3) is 10.0. The zero-order chi connectivity index (χ0) is 27.6. The second-order valence-electron chi connectivity index (χ2n) is 8.90. The van der Waals surface area contributed by atoms with E-state index in [1.807, 2.05) is 0 Å². The Morgan fingerprint density at radius 2 is 1.24 bits per heavy atom. The van der Waals surface area contributed by atoms with Crippen LogP contribution in [0.15, 0.2) is 24.3 Å². The van der Waals surface area contributed by atoms with E-state index in [4.69, 9.17) is 9.84 Å². The van der Waals surface area contributed by atoms with Gasteiger partial charge in [0.2, 0.25) is 0 Å². The Balaban J connectivity index is 2.42. The molecule has 1 aliphatic rings. The molecule has 0 aliphatic carbocycles. The SMILES string of the molecule is O=C(O)CCc1ccc(OCC2(N(CC(=O)O)CC(=O)O)CN(CC(=O)O)CCN(CC(=O)O)C2)cc1. The Kier molecular flexibility index (Phi) is 10.8. The lowest BCUT2D eigenvalue weighted by molar-refractivity contribution is -0.148. The van der Waals surface area contributed by atoms with Crippen LogP contribution in [0.5, 0.6) is 5.75 Å². The summed E-state index contributed by atoms with van der Waals surface area (Å²) in [4.78, 5) is 61.2. The molecule has 1 aromatic carbocycles. The maximum atomic E-state index is 11.7. The number of carbonyl (C=O) groups is 5. The van der Waals surface area contributed by atoms with Gasteiger partial charge >= 0.3 is 29.8 Å². The van der Waals surface area contributed by atoms with Gasteiger partial charge in [-0.15, -0.1) is 0 Å². The van der Waals surface area contributed by atoms with Crippen LogP contribution >= 0.6 is 0 Å². The van der Waals surface area contributed by atoms with Crippen LogP contribution in [0.2, 0.25) is 0 Å². The minimum absolute atomic E-state index is 0.0541. The number of aliphatic carboxylic acids is 5. The highest BCUT2D eigenvalue weighted by Crippen LogP contribution is 2.25. The predicted octanol–water partition coefficient (Wildman–Crippen LogP) is -0.921. The Hall–Kier alpha value is -3.75. The molecule has 0 unspecified atom stereocenters. The fourth-order valence-corrected chi connectivity index (χ4v) is 4.30. The van der Waals surface area contributed by atoms with E-state index in [1.54, 1.807) is 24.3 Å². The van der Waals surface area contributed by atoms with Crippen LogP contribution in [0.4, 0.5) is 0 Å². The van der Waals surface area contributed by atoms with Crippen molar-refractivity contribution in [1.82, 2.24) is 14.7 Å². The highest BCUT2D eigenvalue weighted by Gasteiger charge is 2.45. The van der Waals surface area contributed by atoms with E-state index in [9.17, 15) is 44.4 Å². The number of nitrogens with zero attached hydrogens (tertiary/aromatic N) is 3. The first kappa shape index (κ1) is 29.5. The number of rotatable bonds is 15. The molecule has 0 spiro atoms. The minimum Gasteiger partial charge on any atom is -0.492 e. The standard InChI is InChI=1S/C23H31N3O11/c27-18(28)6-3-16-1-4-17(5-2-16)37-15-23(26(11-21(33)34)12-22(35)36)13-24(9-19(29)30)7-8-25(14-23)10-20(31)32/h1-2,4-5H,3,6-15H2,(H,27,28)(H,29,30)(H,31,32)(H,33,34)(H,35,36). The predicted molar refractivity (Wildman–Crippen MR) is 126 cm³/mol. The molecule has 0 amide bonds. The molecule has 37 heavy (non-hydrogen) atoms. The van der Waals surface area contributed by atoms with Gasteiger partial charge in [0.05, 0.1) is 31.7 Å². The van der Waals surface area contributed by atoms with E-state index in [1.165, 1.54) is 9.80 Å². The van der Waals surface area contributed by atoms with Gasteiger partial charge in [-0.25, -0.2) is 0 Å². The van der Waals surface area contributed by atoms with Crippen LogP contribution in [-0.2, 0) is 30.4 Å². The second-order valence-corrected chi connectivity index (χ2v) is 8.90. The summed E-state index contributed by atoms with van der Waals surface area (Å²) in [6, 6.07) is 6.50. The Morgan fingerprint density at radius 3 is 1.65 bits per heavy atom. The van der Waals surface area contributed by atoms with Gasteiger partial charge in [-0.3, -0.25) is 38.7 Å². The number of aryl methyl sites for hydroxylation is 1. The molecule has 1 fully saturated rings. The van der Waals surface area contributed by atoms with E-state index >= 15 is 0 Å². The molecular weight excluding hydrogens is 494 g/mol. The maximum Gasteiger partial charge on any atom is 0.317 e. The summed E-state index contributed by atoms with van der Waals surface area (Å²) in [7, 11) is 0. The van der Waals surface area contributed by atoms with Crippen molar-refractivity contribution in [1.29, 1.82) is 0 Å². The van der Waals surface area contributed by atoms with Gasteiger partial charge < -0.3 is 30.3 Å². The van der Waals surface area contributed by atoms with Gasteiger partial charge in [0, 0.05) is 32.6 Å². The van der Waals surface area contributed by atoms with E-state index < -0.39 is 61.6 Å². The molecule has 1 heterocycles. The second kappa shape index (κ2) is 13.5. The first-order valence-electron chi connectivity index (χ1n) is 11.4. The molecule has 1 aromatic rings. The quantitative estimate of drug-likeness (QED) is 0.188. The Bertz CT molecular complexity index is 941. The van der Waals surface area contributed by atoms with Crippen molar-refractivity contribution in [3.8, 4) is 5.75 Å². The van der Waals surface area contributed by atoms with E-state index in [0.717, 1.165) is 10.5 Å². The lowest BCUT2D eigenvalue weighted by Gasteiger charge is -2.44. The molecule has 1 saturated heterocycles. The fraction of sp³-hybridized carbons (Fsp3) is 0.522. The summed E-state index contributed by atoms with van der Waals surface area (Å²) in [6.45, 7) is -2.38. The van der Waals surface area contributed by atoms with E-state index in [-0.39, 0.29) is 39.2 Å². The molecule has 14 nitrogen and oxygen atoms in total. The van der Waals surface area contributed by atoms with Crippen molar-refractivity contribution in [2.24, 2.45) is 0 Å². The Morgan fingerprint density at radius 1 is 0.757 bits per heavy atom.